The van der Waals surface area contributed by atoms with E-state index < -0.39 is 0 Å². The number of anilines is 1. The fraction of sp³-hybridized carbons (Fsp3) is 0.158. The number of aromatic hydroxyl groups is 1. The molecule has 7 heteroatoms. The lowest BCUT2D eigenvalue weighted by Crippen LogP contribution is -2.23. The number of nitrogens with one attached hydrogen (secondary N) is 1. The molecule has 2 aromatic carbocycles. The van der Waals surface area contributed by atoms with Crippen molar-refractivity contribution >= 4 is 47.2 Å². The number of amides is 1. The first-order chi connectivity index (χ1) is 11.7. The Kier molecular flexibility index (Phi) is 8.32. The van der Waals surface area contributed by atoms with Gasteiger partial charge in [0.25, 0.3) is 0 Å². The quantitative estimate of drug-likeness (QED) is 0.613. The zero-order chi connectivity index (χ0) is 16.9. The maximum atomic E-state index is 12.7. The van der Waals surface area contributed by atoms with E-state index in [2.05, 4.69) is 10.3 Å². The topological polar surface area (TPSA) is 88.2 Å². The molecule has 0 aliphatic carbocycles. The van der Waals surface area contributed by atoms with Crippen LogP contribution in [0.2, 0.25) is 0 Å². The van der Waals surface area contributed by atoms with Crippen LogP contribution in [0.25, 0.3) is 10.8 Å². The fourth-order valence-corrected chi connectivity index (χ4v) is 2.71. The number of hydrogen-bond donors (Lipinski definition) is 3. The molecule has 0 spiro atoms. The number of fused-ring (bicyclic) bond motifs is 1. The smallest absolute Gasteiger partial charge is 0.231 e. The van der Waals surface area contributed by atoms with E-state index in [4.69, 9.17) is 5.73 Å². The van der Waals surface area contributed by atoms with Gasteiger partial charge in [0.1, 0.15) is 5.75 Å². The largest absolute Gasteiger partial charge is 0.508 e. The first-order valence-corrected chi connectivity index (χ1v) is 7.81. The Morgan fingerprint density at radius 1 is 1.08 bits per heavy atom. The number of nitrogens with two attached hydrogens (primary N) is 1. The van der Waals surface area contributed by atoms with Crippen molar-refractivity contribution in [3.05, 3.63) is 66.5 Å². The number of pyridine rings is 1. The van der Waals surface area contributed by atoms with E-state index in [0.29, 0.717) is 13.0 Å². The maximum absolute atomic E-state index is 12.7. The minimum atomic E-state index is -0.358. The molecule has 0 fully saturated rings. The third kappa shape index (κ3) is 5.08. The van der Waals surface area contributed by atoms with Gasteiger partial charge < -0.3 is 16.2 Å². The Morgan fingerprint density at radius 3 is 2.50 bits per heavy atom. The summed E-state index contributed by atoms with van der Waals surface area (Å²) < 4.78 is 0. The highest BCUT2D eigenvalue weighted by Gasteiger charge is 2.20. The molecule has 3 aromatic rings. The Balaban J connectivity index is 0.00000169. The van der Waals surface area contributed by atoms with Gasteiger partial charge >= 0.3 is 0 Å². The number of aromatic nitrogens is 1. The van der Waals surface area contributed by atoms with Gasteiger partial charge in [0.15, 0.2) is 0 Å². The minimum Gasteiger partial charge on any atom is -0.508 e. The number of phenols is 1. The van der Waals surface area contributed by atoms with Crippen molar-refractivity contribution in [1.82, 2.24) is 4.98 Å². The van der Waals surface area contributed by atoms with Crippen molar-refractivity contribution < 1.29 is 9.90 Å². The van der Waals surface area contributed by atoms with Gasteiger partial charge in [-0.2, -0.15) is 0 Å². The highest BCUT2D eigenvalue weighted by Crippen LogP contribution is 2.25. The molecule has 0 aliphatic heterocycles. The normalized spacial score (nSPS) is 11.1. The number of carbonyl (C=O) groups excluding carboxylic acids is 1. The number of benzene rings is 2. The van der Waals surface area contributed by atoms with Crippen molar-refractivity contribution in [2.24, 2.45) is 5.73 Å². The Hall–Kier alpha value is -2.34. The van der Waals surface area contributed by atoms with Gasteiger partial charge in [0.05, 0.1) is 5.92 Å². The Morgan fingerprint density at radius 2 is 1.81 bits per heavy atom. The van der Waals surface area contributed by atoms with Crippen molar-refractivity contribution in [1.29, 1.82) is 0 Å². The molecular weight excluding hydrogens is 373 g/mol. The molecule has 3 rings (SSSR count). The summed E-state index contributed by atoms with van der Waals surface area (Å²) in [5.74, 6) is -0.294. The molecule has 1 atom stereocenters. The van der Waals surface area contributed by atoms with Crippen LogP contribution in [0.3, 0.4) is 0 Å². The van der Waals surface area contributed by atoms with Crippen LogP contribution < -0.4 is 11.1 Å². The van der Waals surface area contributed by atoms with Gasteiger partial charge in [-0.3, -0.25) is 9.78 Å². The van der Waals surface area contributed by atoms with Crippen LogP contribution in [-0.2, 0) is 4.79 Å². The zero-order valence-corrected chi connectivity index (χ0v) is 15.6. The predicted molar refractivity (Wildman–Crippen MR) is 109 cm³/mol. The monoisotopic (exact) mass is 393 g/mol. The standard InChI is InChI=1S/C19H19N3O2.2ClH/c20-9-7-18(13-2-5-17(23)6-3-13)19(24)22-16-4-1-15-12-21-10-8-14(15)11-16;;/h1-6,8,10-12,18,23H,7,9,20H2,(H,22,24);2*1H. The van der Waals surface area contributed by atoms with E-state index in [1.165, 1.54) is 0 Å². The average Bonchev–Trinajstić information content (AvgIpc) is 2.60. The van der Waals surface area contributed by atoms with Crippen molar-refractivity contribution in [2.75, 3.05) is 11.9 Å². The molecule has 5 nitrogen and oxygen atoms in total. The van der Waals surface area contributed by atoms with Crippen molar-refractivity contribution in [3.63, 3.8) is 0 Å². The van der Waals surface area contributed by atoms with Crippen LogP contribution in [0.4, 0.5) is 5.69 Å². The van der Waals surface area contributed by atoms with Crippen LogP contribution in [0.1, 0.15) is 17.9 Å². The summed E-state index contributed by atoms with van der Waals surface area (Å²) in [6.07, 6.45) is 4.05. The first kappa shape index (κ1) is 21.7. The highest BCUT2D eigenvalue weighted by molar-refractivity contribution is 5.98. The van der Waals surface area contributed by atoms with Crippen LogP contribution in [0.15, 0.2) is 60.9 Å². The number of rotatable bonds is 5. The van der Waals surface area contributed by atoms with Crippen molar-refractivity contribution in [2.45, 2.75) is 12.3 Å². The molecule has 0 saturated carbocycles. The second-order valence-corrected chi connectivity index (χ2v) is 5.65. The van der Waals surface area contributed by atoms with Gasteiger partial charge in [0, 0.05) is 23.5 Å². The summed E-state index contributed by atoms with van der Waals surface area (Å²) in [6.45, 7) is 0.405. The molecule has 0 bridgehead atoms. The number of hydrogen-bond acceptors (Lipinski definition) is 4. The van der Waals surface area contributed by atoms with Gasteiger partial charge in [-0.25, -0.2) is 0 Å². The molecule has 1 amide bonds. The van der Waals surface area contributed by atoms with Gasteiger partial charge in [-0.15, -0.1) is 24.8 Å². The summed E-state index contributed by atoms with van der Waals surface area (Å²) in [5.41, 5.74) is 7.24. The van der Waals surface area contributed by atoms with Gasteiger partial charge in [-0.1, -0.05) is 18.2 Å². The minimum absolute atomic E-state index is 0. The Labute approximate surface area is 164 Å². The number of phenolic OH excluding ortho intramolecular Hbond substituents is 1. The molecular formula is C19H21Cl2N3O2. The average molecular weight is 394 g/mol. The van der Waals surface area contributed by atoms with Crippen LogP contribution >= 0.6 is 24.8 Å². The summed E-state index contributed by atoms with van der Waals surface area (Å²) in [5, 5.41) is 14.4. The van der Waals surface area contributed by atoms with E-state index in [1.54, 1.807) is 36.7 Å². The maximum Gasteiger partial charge on any atom is 0.231 e. The third-order valence-corrected chi connectivity index (χ3v) is 3.98. The molecule has 26 heavy (non-hydrogen) atoms. The molecule has 1 heterocycles. The van der Waals surface area contributed by atoms with E-state index in [-0.39, 0.29) is 42.4 Å². The third-order valence-electron chi connectivity index (χ3n) is 3.98. The lowest BCUT2D eigenvalue weighted by Gasteiger charge is -2.17. The number of carbonyl (C=O) groups is 1. The molecule has 1 aromatic heterocycles. The Bertz CT molecular complexity index is 857. The fourth-order valence-electron chi connectivity index (χ4n) is 2.71. The van der Waals surface area contributed by atoms with E-state index >= 15 is 0 Å². The first-order valence-electron chi connectivity index (χ1n) is 7.81. The molecule has 0 radical (unpaired) electrons. The van der Waals surface area contributed by atoms with E-state index in [0.717, 1.165) is 22.0 Å². The van der Waals surface area contributed by atoms with Gasteiger partial charge in [0.2, 0.25) is 5.91 Å². The second-order valence-electron chi connectivity index (χ2n) is 5.65. The molecule has 1 unspecified atom stereocenters. The molecule has 0 aliphatic rings. The van der Waals surface area contributed by atoms with Gasteiger partial charge in [-0.05, 0) is 54.2 Å². The predicted octanol–water partition coefficient (Wildman–Crippen LogP) is 3.86. The van der Waals surface area contributed by atoms with E-state index in [9.17, 15) is 9.90 Å². The van der Waals surface area contributed by atoms with Crippen molar-refractivity contribution in [3.8, 4) is 5.75 Å². The molecule has 138 valence electrons. The summed E-state index contributed by atoms with van der Waals surface area (Å²) in [6, 6.07) is 14.3. The molecule has 0 saturated heterocycles. The summed E-state index contributed by atoms with van der Waals surface area (Å²) in [4.78, 5) is 16.8. The second kappa shape index (κ2) is 9.97. The van der Waals surface area contributed by atoms with Crippen LogP contribution in [0.5, 0.6) is 5.75 Å². The van der Waals surface area contributed by atoms with E-state index in [1.807, 2.05) is 24.3 Å². The SMILES string of the molecule is Cl.Cl.NCCC(C(=O)Nc1ccc2cnccc2c1)c1ccc(O)cc1. The lowest BCUT2D eigenvalue weighted by molar-refractivity contribution is -0.117. The lowest BCUT2D eigenvalue weighted by atomic mass is 9.94. The highest BCUT2D eigenvalue weighted by atomic mass is 35.5. The summed E-state index contributed by atoms with van der Waals surface area (Å²) in [7, 11) is 0. The number of nitrogens with zero attached hydrogens (tertiary/aromatic N) is 1. The van der Waals surface area contributed by atoms with Crippen LogP contribution in [-0.4, -0.2) is 22.5 Å². The molecule has 4 N–H and O–H groups in total. The summed E-state index contributed by atoms with van der Waals surface area (Å²) >= 11 is 0. The number of halogens is 2. The zero-order valence-electron chi connectivity index (χ0n) is 14.0. The van der Waals surface area contributed by atoms with Crippen LogP contribution in [0, 0.1) is 0 Å².